The topological polar surface area (TPSA) is 65.2 Å². The molecule has 1 aromatic heterocycles. The number of nitrogens with two attached hydrogens (primary N) is 1. The summed E-state index contributed by atoms with van der Waals surface area (Å²) < 4.78 is 5.07. The molecule has 4 nitrogen and oxygen atoms in total. The van der Waals surface area contributed by atoms with Crippen LogP contribution in [0.4, 0.5) is 5.13 Å². The van der Waals surface area contributed by atoms with E-state index in [9.17, 15) is 4.79 Å². The first kappa shape index (κ1) is 15.0. The van der Waals surface area contributed by atoms with Gasteiger partial charge < -0.3 is 10.5 Å². The SMILES string of the molecule is CCOC(=O)c1ccc2c(c1)CCC(Cc1cnc(N)s1)C2. The average Bonchev–Trinajstić information content (AvgIpc) is 2.92. The molecule has 1 aliphatic carbocycles. The molecule has 0 spiro atoms. The van der Waals surface area contributed by atoms with E-state index >= 15 is 0 Å². The van der Waals surface area contributed by atoms with Gasteiger partial charge in [-0.05, 0) is 61.8 Å². The highest BCUT2D eigenvalue weighted by Crippen LogP contribution is 2.30. The van der Waals surface area contributed by atoms with Gasteiger partial charge in [0.05, 0.1) is 12.2 Å². The Morgan fingerprint density at radius 2 is 2.32 bits per heavy atom. The summed E-state index contributed by atoms with van der Waals surface area (Å²) >= 11 is 1.58. The van der Waals surface area contributed by atoms with E-state index in [0.29, 0.717) is 23.2 Å². The van der Waals surface area contributed by atoms with Crippen molar-refractivity contribution in [3.8, 4) is 0 Å². The molecule has 0 aliphatic heterocycles. The van der Waals surface area contributed by atoms with Gasteiger partial charge >= 0.3 is 5.97 Å². The fourth-order valence-corrected chi connectivity index (χ4v) is 3.85. The van der Waals surface area contributed by atoms with Crippen LogP contribution in [0.25, 0.3) is 0 Å². The number of benzene rings is 1. The summed E-state index contributed by atoms with van der Waals surface area (Å²) in [6, 6.07) is 5.95. The van der Waals surface area contributed by atoms with Crippen molar-refractivity contribution in [2.75, 3.05) is 12.3 Å². The van der Waals surface area contributed by atoms with Crippen LogP contribution in [0.15, 0.2) is 24.4 Å². The maximum Gasteiger partial charge on any atom is 0.338 e. The lowest BCUT2D eigenvalue weighted by atomic mass is 9.81. The highest BCUT2D eigenvalue weighted by molar-refractivity contribution is 7.15. The fourth-order valence-electron chi connectivity index (χ4n) is 3.05. The Morgan fingerprint density at radius 3 is 3.05 bits per heavy atom. The number of ether oxygens (including phenoxy) is 1. The van der Waals surface area contributed by atoms with E-state index in [-0.39, 0.29) is 5.97 Å². The molecule has 3 rings (SSSR count). The maximum absolute atomic E-state index is 11.8. The number of carbonyl (C=O) groups excluding carboxylic acids is 1. The van der Waals surface area contributed by atoms with Crippen LogP contribution in [-0.2, 0) is 24.0 Å². The average molecular weight is 316 g/mol. The third kappa shape index (κ3) is 3.30. The molecule has 1 aromatic carbocycles. The summed E-state index contributed by atoms with van der Waals surface area (Å²) in [4.78, 5) is 17.2. The number of aryl methyl sites for hydroxylation is 1. The van der Waals surface area contributed by atoms with E-state index in [2.05, 4.69) is 11.1 Å². The van der Waals surface area contributed by atoms with Crippen molar-refractivity contribution in [3.05, 3.63) is 46.0 Å². The van der Waals surface area contributed by atoms with Gasteiger partial charge in [-0.15, -0.1) is 11.3 Å². The van der Waals surface area contributed by atoms with Gasteiger partial charge in [-0.1, -0.05) is 6.07 Å². The van der Waals surface area contributed by atoms with E-state index < -0.39 is 0 Å². The number of carbonyl (C=O) groups is 1. The lowest BCUT2D eigenvalue weighted by Crippen LogP contribution is -2.17. The molecule has 22 heavy (non-hydrogen) atoms. The number of hydrogen-bond donors (Lipinski definition) is 1. The Kier molecular flexibility index (Phi) is 4.43. The van der Waals surface area contributed by atoms with E-state index in [4.69, 9.17) is 10.5 Å². The van der Waals surface area contributed by atoms with Gasteiger partial charge in [0.1, 0.15) is 0 Å². The number of esters is 1. The summed E-state index contributed by atoms with van der Waals surface area (Å²) in [7, 11) is 0. The Morgan fingerprint density at radius 1 is 1.45 bits per heavy atom. The number of fused-ring (bicyclic) bond motifs is 1. The standard InChI is InChI=1S/C17H20N2O2S/c1-2-21-16(20)14-6-5-12-7-11(3-4-13(12)9-14)8-15-10-19-17(18)22-15/h5-6,9-11H,2-4,7-8H2,1H3,(H2,18,19). The molecule has 1 aliphatic rings. The Labute approximate surface area is 134 Å². The van der Waals surface area contributed by atoms with Crippen LogP contribution in [0.5, 0.6) is 0 Å². The first-order chi connectivity index (χ1) is 10.7. The molecule has 5 heteroatoms. The molecule has 1 unspecified atom stereocenters. The third-order valence-corrected chi connectivity index (χ3v) is 4.96. The molecular formula is C17H20N2O2S. The van der Waals surface area contributed by atoms with Gasteiger partial charge in [0.25, 0.3) is 0 Å². The monoisotopic (exact) mass is 316 g/mol. The van der Waals surface area contributed by atoms with Crippen LogP contribution in [0.2, 0.25) is 0 Å². The zero-order chi connectivity index (χ0) is 15.5. The highest BCUT2D eigenvalue weighted by atomic mass is 32.1. The van der Waals surface area contributed by atoms with Gasteiger partial charge in [0, 0.05) is 11.1 Å². The minimum absolute atomic E-state index is 0.229. The van der Waals surface area contributed by atoms with Crippen molar-refractivity contribution >= 4 is 22.4 Å². The van der Waals surface area contributed by atoms with Crippen molar-refractivity contribution in [2.45, 2.75) is 32.6 Å². The summed E-state index contributed by atoms with van der Waals surface area (Å²) in [5, 5.41) is 0.644. The van der Waals surface area contributed by atoms with Crippen molar-refractivity contribution in [1.82, 2.24) is 4.98 Å². The second-order valence-electron chi connectivity index (χ2n) is 5.68. The molecule has 0 saturated heterocycles. The van der Waals surface area contributed by atoms with E-state index in [1.807, 2.05) is 25.3 Å². The van der Waals surface area contributed by atoms with Gasteiger partial charge in [-0.25, -0.2) is 9.78 Å². The Balaban J connectivity index is 1.69. The molecule has 0 saturated carbocycles. The van der Waals surface area contributed by atoms with Crippen LogP contribution >= 0.6 is 11.3 Å². The summed E-state index contributed by atoms with van der Waals surface area (Å²) in [5.74, 6) is 0.397. The predicted octanol–water partition coefficient (Wildman–Crippen LogP) is 3.25. The van der Waals surface area contributed by atoms with Gasteiger partial charge in [-0.3, -0.25) is 0 Å². The second kappa shape index (κ2) is 6.48. The highest BCUT2D eigenvalue weighted by Gasteiger charge is 2.21. The van der Waals surface area contributed by atoms with Gasteiger partial charge in [-0.2, -0.15) is 0 Å². The number of thiazole rings is 1. The minimum atomic E-state index is -0.229. The number of anilines is 1. The van der Waals surface area contributed by atoms with Crippen LogP contribution in [0, 0.1) is 5.92 Å². The zero-order valence-corrected chi connectivity index (χ0v) is 13.5. The first-order valence-corrected chi connectivity index (χ1v) is 8.46. The predicted molar refractivity (Wildman–Crippen MR) is 88.1 cm³/mol. The number of nitrogens with zero attached hydrogens (tertiary/aromatic N) is 1. The minimum Gasteiger partial charge on any atom is -0.462 e. The molecular weight excluding hydrogens is 296 g/mol. The zero-order valence-electron chi connectivity index (χ0n) is 12.7. The Hall–Kier alpha value is -1.88. The van der Waals surface area contributed by atoms with E-state index in [0.717, 1.165) is 25.7 Å². The molecule has 0 fully saturated rings. The Bertz CT molecular complexity index is 681. The smallest absolute Gasteiger partial charge is 0.338 e. The van der Waals surface area contributed by atoms with E-state index in [1.165, 1.54) is 16.0 Å². The third-order valence-electron chi connectivity index (χ3n) is 4.11. The summed E-state index contributed by atoms with van der Waals surface area (Å²) in [6.07, 6.45) is 6.13. The van der Waals surface area contributed by atoms with E-state index in [1.54, 1.807) is 11.3 Å². The molecule has 1 atom stereocenters. The van der Waals surface area contributed by atoms with Crippen molar-refractivity contribution < 1.29 is 9.53 Å². The molecule has 1 heterocycles. The summed E-state index contributed by atoms with van der Waals surface area (Å²) in [5.41, 5.74) is 8.99. The van der Waals surface area contributed by atoms with Crippen LogP contribution in [0.1, 0.15) is 39.7 Å². The van der Waals surface area contributed by atoms with Crippen LogP contribution < -0.4 is 5.73 Å². The van der Waals surface area contributed by atoms with Crippen molar-refractivity contribution in [2.24, 2.45) is 5.92 Å². The number of aromatic nitrogens is 1. The fraction of sp³-hybridized carbons (Fsp3) is 0.412. The lowest BCUT2D eigenvalue weighted by molar-refractivity contribution is 0.0526. The summed E-state index contributed by atoms with van der Waals surface area (Å²) in [6.45, 7) is 2.24. The number of nitrogen functional groups attached to an aromatic ring is 1. The largest absolute Gasteiger partial charge is 0.462 e. The molecule has 116 valence electrons. The first-order valence-electron chi connectivity index (χ1n) is 7.64. The molecule has 2 N–H and O–H groups in total. The van der Waals surface area contributed by atoms with Crippen LogP contribution in [-0.4, -0.2) is 17.6 Å². The molecule has 0 bridgehead atoms. The molecule has 0 amide bonds. The quantitative estimate of drug-likeness (QED) is 0.879. The maximum atomic E-state index is 11.8. The second-order valence-corrected chi connectivity index (χ2v) is 6.83. The molecule has 0 radical (unpaired) electrons. The van der Waals surface area contributed by atoms with Crippen LogP contribution in [0.3, 0.4) is 0 Å². The number of hydrogen-bond acceptors (Lipinski definition) is 5. The van der Waals surface area contributed by atoms with Crippen molar-refractivity contribution in [1.29, 1.82) is 0 Å². The van der Waals surface area contributed by atoms with Crippen molar-refractivity contribution in [3.63, 3.8) is 0 Å². The normalized spacial score (nSPS) is 17.0. The lowest BCUT2D eigenvalue weighted by Gasteiger charge is -2.24. The molecule has 2 aromatic rings. The van der Waals surface area contributed by atoms with Gasteiger partial charge in [0.15, 0.2) is 5.13 Å². The van der Waals surface area contributed by atoms with Gasteiger partial charge in [0.2, 0.25) is 0 Å². The number of rotatable bonds is 4.